The minimum Gasteiger partial charge on any atom is -0.377 e. The van der Waals surface area contributed by atoms with Gasteiger partial charge < -0.3 is 5.73 Å². The van der Waals surface area contributed by atoms with Gasteiger partial charge in [0.15, 0.2) is 5.17 Å². The van der Waals surface area contributed by atoms with E-state index in [1.54, 1.807) is 12.3 Å². The van der Waals surface area contributed by atoms with Crippen LogP contribution in [0.4, 0.5) is 0 Å². The number of halogens is 1. The Kier molecular flexibility index (Phi) is 10.0. The van der Waals surface area contributed by atoms with Crippen molar-refractivity contribution in [2.45, 2.75) is 0 Å². The van der Waals surface area contributed by atoms with Crippen LogP contribution in [-0.4, -0.2) is 17.1 Å². The maximum atomic E-state index is 5.58. The van der Waals surface area contributed by atoms with Crippen molar-refractivity contribution in [2.75, 3.05) is 5.75 Å². The van der Waals surface area contributed by atoms with E-state index in [0.29, 0.717) is 5.17 Å². The van der Waals surface area contributed by atoms with Gasteiger partial charge in [-0.25, -0.2) is 0 Å². The number of allylic oxidation sites excluding steroid dienone is 1. The maximum absolute atomic E-state index is 5.58. The Hall–Kier alpha value is -1.33. The molecule has 0 aliphatic carbocycles. The molecule has 5 heteroatoms. The molecule has 2 N–H and O–H groups in total. The summed E-state index contributed by atoms with van der Waals surface area (Å²) in [5.41, 5.74) is 6.70. The zero-order valence-corrected chi connectivity index (χ0v) is 12.4. The van der Waals surface area contributed by atoms with Crippen molar-refractivity contribution in [3.63, 3.8) is 0 Å². The molecular formula is C13H16BrN3S. The fraction of sp³-hybridized carbons (Fsp3) is 0.0769. The first kappa shape index (κ1) is 16.7. The van der Waals surface area contributed by atoms with Crippen LogP contribution in [0.25, 0.3) is 6.08 Å². The molecule has 0 atom stereocenters. The topological polar surface area (TPSA) is 50.7 Å². The molecule has 0 aliphatic rings. The third kappa shape index (κ3) is 7.86. The number of amidine groups is 1. The normalized spacial score (nSPS) is 11.7. The monoisotopic (exact) mass is 325 g/mol. The molecule has 96 valence electrons. The predicted molar refractivity (Wildman–Crippen MR) is 88.6 cm³/mol. The van der Waals surface area contributed by atoms with E-state index in [4.69, 9.17) is 5.73 Å². The largest absolute Gasteiger partial charge is 0.377 e. The molecule has 0 spiro atoms. The van der Waals surface area contributed by atoms with Crippen molar-refractivity contribution in [1.82, 2.24) is 0 Å². The summed E-state index contributed by atoms with van der Waals surface area (Å²) in [6.07, 6.45) is 7.15. The van der Waals surface area contributed by atoms with E-state index in [1.807, 2.05) is 42.5 Å². The average molecular weight is 326 g/mol. The summed E-state index contributed by atoms with van der Waals surface area (Å²) in [6.45, 7) is 3.59. The quantitative estimate of drug-likeness (QED) is 0.390. The first-order chi connectivity index (χ1) is 8.33. The van der Waals surface area contributed by atoms with Crippen molar-refractivity contribution in [1.29, 1.82) is 0 Å². The molecule has 1 aromatic carbocycles. The summed E-state index contributed by atoms with van der Waals surface area (Å²) in [5.74, 6) is 0.741. The molecule has 0 unspecified atom stereocenters. The van der Waals surface area contributed by atoms with E-state index in [1.165, 1.54) is 11.8 Å². The van der Waals surface area contributed by atoms with Crippen LogP contribution in [0, 0.1) is 0 Å². The number of hydrogen-bond donors (Lipinski definition) is 1. The molecule has 0 amide bonds. The molecule has 1 aromatic rings. The highest BCUT2D eigenvalue weighted by molar-refractivity contribution is 8.93. The van der Waals surface area contributed by atoms with Crippen LogP contribution in [0.3, 0.4) is 0 Å². The van der Waals surface area contributed by atoms with Crippen LogP contribution in [0.15, 0.2) is 59.3 Å². The van der Waals surface area contributed by atoms with Crippen LogP contribution in [-0.2, 0) is 0 Å². The molecule has 0 bridgehead atoms. The van der Waals surface area contributed by atoms with Crippen molar-refractivity contribution < 1.29 is 0 Å². The van der Waals surface area contributed by atoms with Crippen LogP contribution in [0.5, 0.6) is 0 Å². The highest BCUT2D eigenvalue weighted by Crippen LogP contribution is 2.00. The van der Waals surface area contributed by atoms with E-state index in [0.717, 1.165) is 11.3 Å². The van der Waals surface area contributed by atoms with E-state index < -0.39 is 0 Å². The zero-order valence-electron chi connectivity index (χ0n) is 9.90. The van der Waals surface area contributed by atoms with Crippen LogP contribution >= 0.6 is 28.7 Å². The number of thioether (sulfide) groups is 1. The van der Waals surface area contributed by atoms with Crippen molar-refractivity contribution in [3.05, 3.63) is 54.6 Å². The van der Waals surface area contributed by atoms with Gasteiger partial charge >= 0.3 is 0 Å². The smallest absolute Gasteiger partial charge is 0.180 e. The molecule has 0 aliphatic heterocycles. The lowest BCUT2D eigenvalue weighted by Crippen LogP contribution is -2.05. The van der Waals surface area contributed by atoms with Crippen LogP contribution in [0.2, 0.25) is 0 Å². The number of benzene rings is 1. The van der Waals surface area contributed by atoms with E-state index in [2.05, 4.69) is 16.8 Å². The molecule has 0 fully saturated rings. The van der Waals surface area contributed by atoms with Gasteiger partial charge in [-0.15, -0.1) is 28.7 Å². The average Bonchev–Trinajstić information content (AvgIpc) is 2.37. The van der Waals surface area contributed by atoms with Gasteiger partial charge in [0, 0.05) is 12.0 Å². The lowest BCUT2D eigenvalue weighted by atomic mass is 10.2. The van der Waals surface area contributed by atoms with Gasteiger partial charge in [-0.2, -0.15) is 5.10 Å². The first-order valence-corrected chi connectivity index (χ1v) is 6.13. The van der Waals surface area contributed by atoms with Gasteiger partial charge in [0.2, 0.25) is 0 Å². The Labute approximate surface area is 122 Å². The second-order valence-corrected chi connectivity index (χ2v) is 4.11. The summed E-state index contributed by atoms with van der Waals surface area (Å²) in [4.78, 5) is 0. The molecule has 3 nitrogen and oxygen atoms in total. The zero-order chi connectivity index (χ0) is 12.3. The van der Waals surface area contributed by atoms with Crippen molar-refractivity contribution >= 4 is 46.2 Å². The Morgan fingerprint density at radius 2 is 2.06 bits per heavy atom. The number of nitrogens with two attached hydrogens (primary N) is 1. The highest BCUT2D eigenvalue weighted by atomic mass is 79.9. The third-order valence-corrected chi connectivity index (χ3v) is 2.53. The molecule has 1 rings (SSSR count). The molecule has 0 radical (unpaired) electrons. The molecular weight excluding hydrogens is 310 g/mol. The minimum atomic E-state index is 0. The first-order valence-electron chi connectivity index (χ1n) is 5.15. The van der Waals surface area contributed by atoms with Crippen molar-refractivity contribution in [2.24, 2.45) is 15.9 Å². The SMILES string of the molecule is Br.C=CCS\C(N)=N/N=C/C=C/c1ccccc1. The second kappa shape index (κ2) is 10.8. The van der Waals surface area contributed by atoms with Gasteiger partial charge in [0.1, 0.15) is 0 Å². The summed E-state index contributed by atoms with van der Waals surface area (Å²) in [6, 6.07) is 9.98. The molecule has 18 heavy (non-hydrogen) atoms. The fourth-order valence-electron chi connectivity index (χ4n) is 1.02. The standard InChI is InChI=1S/C13H15N3S.BrH/c1-2-11-17-13(14)16-15-10-6-9-12-7-4-3-5-8-12;/h2-10H,1,11H2,(H2,14,16);1H/b9-6+,15-10+;. The number of rotatable bonds is 5. The van der Waals surface area contributed by atoms with Gasteiger partial charge in [-0.1, -0.05) is 54.2 Å². The Morgan fingerprint density at radius 3 is 2.72 bits per heavy atom. The Morgan fingerprint density at radius 1 is 1.33 bits per heavy atom. The molecule has 0 saturated carbocycles. The van der Waals surface area contributed by atoms with E-state index >= 15 is 0 Å². The van der Waals surface area contributed by atoms with Crippen LogP contribution in [0.1, 0.15) is 5.56 Å². The lowest BCUT2D eigenvalue weighted by molar-refractivity contribution is 1.25. The van der Waals surface area contributed by atoms with E-state index in [-0.39, 0.29) is 17.0 Å². The highest BCUT2D eigenvalue weighted by Gasteiger charge is 1.87. The predicted octanol–water partition coefficient (Wildman–Crippen LogP) is 3.50. The third-order valence-electron chi connectivity index (χ3n) is 1.75. The van der Waals surface area contributed by atoms with E-state index in [9.17, 15) is 0 Å². The van der Waals surface area contributed by atoms with Crippen LogP contribution < -0.4 is 5.73 Å². The minimum absolute atomic E-state index is 0. The van der Waals surface area contributed by atoms with Gasteiger partial charge in [0.25, 0.3) is 0 Å². The lowest BCUT2D eigenvalue weighted by Gasteiger charge is -1.91. The van der Waals surface area contributed by atoms with Gasteiger partial charge in [0.05, 0.1) is 0 Å². The summed E-state index contributed by atoms with van der Waals surface area (Å²) >= 11 is 1.40. The summed E-state index contributed by atoms with van der Waals surface area (Å²) in [5, 5.41) is 8.10. The fourth-order valence-corrected chi connectivity index (χ4v) is 1.41. The number of hydrogen-bond acceptors (Lipinski definition) is 3. The Balaban J connectivity index is 0.00000289. The maximum Gasteiger partial charge on any atom is 0.180 e. The second-order valence-electron chi connectivity index (χ2n) is 3.07. The van der Waals surface area contributed by atoms with Gasteiger partial charge in [-0.05, 0) is 11.6 Å². The number of nitrogens with zero attached hydrogens (tertiary/aromatic N) is 2. The van der Waals surface area contributed by atoms with Crippen molar-refractivity contribution in [3.8, 4) is 0 Å². The molecule has 0 heterocycles. The van der Waals surface area contributed by atoms with Gasteiger partial charge in [-0.3, -0.25) is 0 Å². The summed E-state index contributed by atoms with van der Waals surface area (Å²) < 4.78 is 0. The Bertz CT molecular complexity index is 427. The molecule has 0 aromatic heterocycles. The summed E-state index contributed by atoms with van der Waals surface area (Å²) in [7, 11) is 0. The molecule has 0 saturated heterocycles.